The molecule has 2 aliphatic heterocycles. The summed E-state index contributed by atoms with van der Waals surface area (Å²) in [6.45, 7) is 14.6. The van der Waals surface area contributed by atoms with Crippen LogP contribution in [0.25, 0.3) is 0 Å². The highest BCUT2D eigenvalue weighted by molar-refractivity contribution is 5.10. The molecule has 1 aliphatic carbocycles. The molecule has 5 nitrogen and oxygen atoms in total. The van der Waals surface area contributed by atoms with Gasteiger partial charge < -0.3 is 24.4 Å². The molecule has 0 spiro atoms. The number of aliphatic hydroxyl groups is 2. The molecule has 2 N–H and O–H groups in total. The molecule has 0 aromatic rings. The fourth-order valence-electron chi connectivity index (χ4n) is 4.95. The highest BCUT2D eigenvalue weighted by Crippen LogP contribution is 2.41. The average molecular weight is 523 g/mol. The number of hydrogen-bond acceptors (Lipinski definition) is 5. The first-order valence-electron chi connectivity index (χ1n) is 15.2. The van der Waals surface area contributed by atoms with Gasteiger partial charge in [0, 0.05) is 18.9 Å². The van der Waals surface area contributed by atoms with Crippen LogP contribution in [0.1, 0.15) is 119 Å². The fourth-order valence-corrected chi connectivity index (χ4v) is 4.95. The van der Waals surface area contributed by atoms with E-state index >= 15 is 0 Å². The van der Waals surface area contributed by atoms with Crippen LogP contribution in [0.5, 0.6) is 0 Å². The van der Waals surface area contributed by atoms with Crippen molar-refractivity contribution >= 4 is 0 Å². The summed E-state index contributed by atoms with van der Waals surface area (Å²) >= 11 is 0. The summed E-state index contributed by atoms with van der Waals surface area (Å²) in [5.74, 6) is 7.24. The lowest BCUT2D eigenvalue weighted by atomic mass is 9.82. The first-order chi connectivity index (χ1) is 17.9. The van der Waals surface area contributed by atoms with Crippen LogP contribution in [0.3, 0.4) is 0 Å². The predicted octanol–water partition coefficient (Wildman–Crippen LogP) is 6.84. The Labute approximate surface area is 228 Å². The Hall–Kier alpha value is -0.900. The van der Waals surface area contributed by atoms with E-state index in [2.05, 4.69) is 52.5 Å². The van der Waals surface area contributed by atoms with Crippen LogP contribution < -0.4 is 0 Å². The van der Waals surface area contributed by atoms with E-state index in [0.717, 1.165) is 64.6 Å². The third kappa shape index (κ3) is 14.7. The molecular weight excluding hydrogens is 464 g/mol. The third-order valence-corrected chi connectivity index (χ3v) is 7.60. The fraction of sp³-hybridized carbons (Fsp3) is 0.875. The van der Waals surface area contributed by atoms with Gasteiger partial charge in [-0.1, -0.05) is 59.0 Å². The molecular formula is C32H58O5. The number of aliphatic hydroxyl groups excluding tert-OH is 2. The van der Waals surface area contributed by atoms with E-state index in [0.29, 0.717) is 36.8 Å². The molecule has 5 heteroatoms. The minimum absolute atomic E-state index is 0.110. The van der Waals surface area contributed by atoms with E-state index in [4.69, 9.17) is 19.3 Å². The van der Waals surface area contributed by atoms with Crippen LogP contribution in [0, 0.1) is 23.7 Å². The van der Waals surface area contributed by atoms with Crippen molar-refractivity contribution in [2.75, 3.05) is 19.8 Å². The minimum atomic E-state index is -0.227. The summed E-state index contributed by atoms with van der Waals surface area (Å²) in [5.41, 5.74) is 1.19. The van der Waals surface area contributed by atoms with Gasteiger partial charge in [-0.25, -0.2) is 0 Å². The van der Waals surface area contributed by atoms with E-state index in [1.165, 1.54) is 31.3 Å². The maximum atomic E-state index is 10.1. The molecule has 7 atom stereocenters. The van der Waals surface area contributed by atoms with Gasteiger partial charge in [-0.05, 0) is 76.7 Å². The van der Waals surface area contributed by atoms with Crippen molar-refractivity contribution in [3.05, 3.63) is 11.6 Å². The molecule has 37 heavy (non-hydrogen) atoms. The zero-order valence-electron chi connectivity index (χ0n) is 24.8. The molecule has 3 aliphatic rings. The van der Waals surface area contributed by atoms with Crippen molar-refractivity contribution in [2.24, 2.45) is 11.8 Å². The van der Waals surface area contributed by atoms with Gasteiger partial charge >= 0.3 is 0 Å². The maximum absolute atomic E-state index is 10.1. The largest absolute Gasteiger partial charge is 0.396 e. The van der Waals surface area contributed by atoms with Gasteiger partial charge in [-0.3, -0.25) is 0 Å². The van der Waals surface area contributed by atoms with E-state index in [-0.39, 0.29) is 12.2 Å². The van der Waals surface area contributed by atoms with Crippen LogP contribution in [0.2, 0.25) is 0 Å². The van der Waals surface area contributed by atoms with Gasteiger partial charge in [-0.2, -0.15) is 0 Å². The molecule has 0 aromatic carbocycles. The topological polar surface area (TPSA) is 71.5 Å². The third-order valence-electron chi connectivity index (χ3n) is 7.60. The molecule has 0 radical (unpaired) electrons. The number of epoxide rings is 1. The number of rotatable bonds is 11. The zero-order valence-corrected chi connectivity index (χ0v) is 24.8. The molecule has 3 fully saturated rings. The standard InChI is InChI=1S/C14H24O2.C12H20O2.C6H14O/c1-4-6-7-14(5-2)16-11-13-9-8-12(3)15-10-13;1-3-8(4-2)12(13)9-5-6-10-11(7-9)14-10;1-2-3-4-5-6-7/h12-14H,4-5,8-11H2,1-3H3;3,9-13H,4-7H2,1-2H3;7H,2-6H2,1H3. The van der Waals surface area contributed by atoms with Crippen molar-refractivity contribution in [1.29, 1.82) is 0 Å². The number of allylic oxidation sites excluding steroid dienone is 1. The van der Waals surface area contributed by atoms with Crippen LogP contribution in [-0.4, -0.2) is 60.6 Å². The van der Waals surface area contributed by atoms with Gasteiger partial charge in [0.05, 0.1) is 37.6 Å². The highest BCUT2D eigenvalue weighted by Gasteiger charge is 2.45. The van der Waals surface area contributed by atoms with Crippen LogP contribution in [0.4, 0.5) is 0 Å². The lowest BCUT2D eigenvalue weighted by Crippen LogP contribution is -2.28. The van der Waals surface area contributed by atoms with Crippen molar-refractivity contribution < 1.29 is 24.4 Å². The second kappa shape index (κ2) is 21.0. The summed E-state index contributed by atoms with van der Waals surface area (Å²) in [6.07, 6.45) is 16.6. The smallest absolute Gasteiger partial charge is 0.117 e. The number of unbranched alkanes of at least 4 members (excludes halogenated alkanes) is 3. The van der Waals surface area contributed by atoms with Gasteiger partial charge in [0.15, 0.2) is 0 Å². The van der Waals surface area contributed by atoms with Crippen molar-refractivity contribution in [3.8, 4) is 11.8 Å². The SMILES string of the molecule is CC=C(CC)C(O)C1CCC2OC2C1.CCC#CC(CC)OCC1CCC(C)OC1.CCCCCCO. The van der Waals surface area contributed by atoms with E-state index < -0.39 is 0 Å². The molecule has 1 saturated carbocycles. The van der Waals surface area contributed by atoms with Crippen LogP contribution >= 0.6 is 0 Å². The zero-order chi connectivity index (χ0) is 27.5. The van der Waals surface area contributed by atoms with E-state index in [9.17, 15) is 5.11 Å². The predicted molar refractivity (Wildman–Crippen MR) is 154 cm³/mol. The molecule has 2 saturated heterocycles. The number of fused-ring (bicyclic) bond motifs is 1. The van der Waals surface area contributed by atoms with Crippen molar-refractivity contribution in [1.82, 2.24) is 0 Å². The van der Waals surface area contributed by atoms with Gasteiger partial charge in [0.1, 0.15) is 6.10 Å². The monoisotopic (exact) mass is 522 g/mol. The summed E-state index contributed by atoms with van der Waals surface area (Å²) in [4.78, 5) is 0. The van der Waals surface area contributed by atoms with Gasteiger partial charge in [0.25, 0.3) is 0 Å². The Morgan fingerprint density at radius 1 is 1.05 bits per heavy atom. The number of hydrogen-bond donors (Lipinski definition) is 2. The molecule has 7 unspecified atom stereocenters. The minimum Gasteiger partial charge on any atom is -0.396 e. The van der Waals surface area contributed by atoms with E-state index in [1.54, 1.807) is 0 Å². The van der Waals surface area contributed by atoms with Crippen molar-refractivity contribution in [3.63, 3.8) is 0 Å². The maximum Gasteiger partial charge on any atom is 0.117 e. The van der Waals surface area contributed by atoms with Crippen LogP contribution in [0.15, 0.2) is 11.6 Å². The molecule has 0 aromatic heterocycles. The quantitative estimate of drug-likeness (QED) is 0.135. The second-order valence-electron chi connectivity index (χ2n) is 10.7. The summed E-state index contributed by atoms with van der Waals surface area (Å²) in [5, 5.41) is 18.4. The summed E-state index contributed by atoms with van der Waals surface area (Å²) < 4.78 is 16.9. The molecule has 2 heterocycles. The second-order valence-corrected chi connectivity index (χ2v) is 10.7. The lowest BCUT2D eigenvalue weighted by molar-refractivity contribution is -0.0418. The van der Waals surface area contributed by atoms with Gasteiger partial charge in [-0.15, -0.1) is 5.92 Å². The first-order valence-corrected chi connectivity index (χ1v) is 15.2. The number of ether oxygens (including phenoxy) is 3. The normalized spacial score (nSPS) is 28.2. The first kappa shape index (κ1) is 34.1. The Bertz CT molecular complexity index is 639. The molecule has 0 amide bonds. The average Bonchev–Trinajstić information content (AvgIpc) is 3.71. The van der Waals surface area contributed by atoms with Crippen LogP contribution in [-0.2, 0) is 14.2 Å². The van der Waals surface area contributed by atoms with E-state index in [1.807, 2.05) is 6.92 Å². The summed E-state index contributed by atoms with van der Waals surface area (Å²) in [7, 11) is 0. The Morgan fingerprint density at radius 2 is 1.84 bits per heavy atom. The summed E-state index contributed by atoms with van der Waals surface area (Å²) in [6, 6.07) is 0. The Kier molecular flexibility index (Phi) is 19.4. The molecule has 3 rings (SSSR count). The Balaban J connectivity index is 0.000000299. The highest BCUT2D eigenvalue weighted by atomic mass is 16.6. The van der Waals surface area contributed by atoms with Gasteiger partial charge in [0.2, 0.25) is 0 Å². The molecule has 0 bridgehead atoms. The lowest BCUT2D eigenvalue weighted by Gasteiger charge is -2.27. The molecule has 216 valence electrons. The Morgan fingerprint density at radius 3 is 2.38 bits per heavy atom. The van der Waals surface area contributed by atoms with Crippen molar-refractivity contribution in [2.45, 2.75) is 149 Å².